The van der Waals surface area contributed by atoms with Crippen molar-refractivity contribution in [2.45, 2.75) is 91.0 Å². The lowest BCUT2D eigenvalue weighted by Gasteiger charge is -2.44. The maximum Gasteiger partial charge on any atom is 0.417 e. The van der Waals surface area contributed by atoms with Crippen molar-refractivity contribution in [2.75, 3.05) is 83.1 Å². The SMILES string of the molecule is Cc1ncsc1-c1ccc(CNC(=O)[C@@H]2C[C@@H](O)CN2C(=O)[C@@H](NC(=O)COCCOCCOCCNC(=O)c2ccc(F)c(-c3ccc(N4C[C@@H](C)N(C)[C@@H](C)C4)c(NC(=O)c4c[nH]c(=O)cc4C(F)(F)F)c3)c2)C(C)(C)C)cc1. The molecule has 0 bridgehead atoms. The molecule has 81 heavy (non-hydrogen) atoms. The maximum absolute atomic E-state index is 15.6. The molecular formula is C57H69F4N9O10S. The number of aliphatic hydroxyl groups excluding tert-OH is 1. The highest BCUT2D eigenvalue weighted by molar-refractivity contribution is 7.13. The highest BCUT2D eigenvalue weighted by Crippen LogP contribution is 2.37. The highest BCUT2D eigenvalue weighted by atomic mass is 32.1. The summed E-state index contributed by atoms with van der Waals surface area (Å²) in [6.45, 7) is 12.7. The molecule has 19 nitrogen and oxygen atoms in total. The van der Waals surface area contributed by atoms with Gasteiger partial charge in [0.2, 0.25) is 23.3 Å². The zero-order valence-corrected chi connectivity index (χ0v) is 47.0. The standard InChI is InChI=1S/C57H69F4N9O10S/c1-33-28-69(29-34(2)68(33)7)46-15-13-38(23-45(46)66-53(75)42-27-63-48(72)25-43(42)57(59,60)61)41-22-39(12-14-44(41)58)52(74)62-16-17-78-18-19-79-20-21-80-31-49(73)67-51(56(4,5)6)55(77)70-30-40(71)24-47(70)54(76)64-26-36-8-10-37(11-9-36)50-35(3)65-32-81-50/h8-15,22-23,25,27,32-34,40,47,51,71H,16-21,24,26,28-31H2,1-7H3,(H,62,74)(H,63,72)(H,64,76)(H,66,75)(H,67,73)/t33-,34+,40-,47+,51-/m1/s1. The monoisotopic (exact) mass is 1150 g/mol. The Kier molecular flexibility index (Phi) is 20.6. The van der Waals surface area contributed by atoms with Crippen molar-refractivity contribution in [3.63, 3.8) is 0 Å². The lowest BCUT2D eigenvalue weighted by atomic mass is 9.85. The van der Waals surface area contributed by atoms with E-state index in [-0.39, 0.29) is 100 Å². The number of likely N-dealkylation sites (N-methyl/N-ethyl adjacent to an activating group) is 1. The predicted octanol–water partition coefficient (Wildman–Crippen LogP) is 6.00. The molecule has 2 aromatic heterocycles. The number of thiazole rings is 1. The molecule has 4 heterocycles. The Labute approximate surface area is 470 Å². The molecule has 0 radical (unpaired) electrons. The number of benzene rings is 3. The van der Waals surface area contributed by atoms with Gasteiger partial charge in [-0.2, -0.15) is 13.2 Å². The molecule has 2 saturated heterocycles. The van der Waals surface area contributed by atoms with Gasteiger partial charge in [-0.1, -0.05) is 51.1 Å². The minimum atomic E-state index is -5.01. The zero-order chi connectivity index (χ0) is 58.8. The topological polar surface area (TPSA) is 237 Å². The number of aromatic nitrogens is 2. The number of H-pyrrole nitrogens is 1. The van der Waals surface area contributed by atoms with E-state index in [0.29, 0.717) is 31.0 Å². The van der Waals surface area contributed by atoms with Gasteiger partial charge in [0, 0.05) is 74.6 Å². The number of piperazine rings is 1. The predicted molar refractivity (Wildman–Crippen MR) is 297 cm³/mol. The highest BCUT2D eigenvalue weighted by Gasteiger charge is 2.45. The number of halogens is 4. The number of aryl methyl sites for hydroxylation is 1. The van der Waals surface area contributed by atoms with Crippen LogP contribution < -0.4 is 31.7 Å². The Hall–Kier alpha value is -7.09. The Morgan fingerprint density at radius 3 is 2.17 bits per heavy atom. The summed E-state index contributed by atoms with van der Waals surface area (Å²) in [5, 5.41) is 21.5. The average Bonchev–Trinajstić information content (AvgIpc) is 4.08. The van der Waals surface area contributed by atoms with E-state index in [1.807, 2.05) is 57.0 Å². The summed E-state index contributed by atoms with van der Waals surface area (Å²) < 4.78 is 74.2. The number of nitrogens with zero attached hydrogens (tertiary/aromatic N) is 4. The largest absolute Gasteiger partial charge is 0.417 e. The summed E-state index contributed by atoms with van der Waals surface area (Å²) in [7, 11) is 1.98. The molecule has 3 aromatic carbocycles. The van der Waals surface area contributed by atoms with Gasteiger partial charge in [0.25, 0.3) is 11.8 Å². The molecule has 5 atom stereocenters. The fourth-order valence-corrected chi connectivity index (χ4v) is 10.4. The van der Waals surface area contributed by atoms with Crippen molar-refractivity contribution >= 4 is 52.2 Å². The number of hydrogen-bond donors (Lipinski definition) is 6. The van der Waals surface area contributed by atoms with Gasteiger partial charge < -0.3 is 55.4 Å². The van der Waals surface area contributed by atoms with Gasteiger partial charge in [0.1, 0.15) is 24.5 Å². The van der Waals surface area contributed by atoms with E-state index >= 15 is 4.39 Å². The van der Waals surface area contributed by atoms with Crippen molar-refractivity contribution in [1.82, 2.24) is 35.7 Å². The van der Waals surface area contributed by atoms with Gasteiger partial charge in [-0.15, -0.1) is 11.3 Å². The van der Waals surface area contributed by atoms with E-state index in [9.17, 15) is 47.0 Å². The maximum atomic E-state index is 15.6. The Morgan fingerprint density at radius 2 is 1.52 bits per heavy atom. The number of aromatic amines is 1. The number of carbonyl (C=O) groups is 5. The molecule has 0 saturated carbocycles. The quantitative estimate of drug-likeness (QED) is 0.0345. The van der Waals surface area contributed by atoms with Crippen molar-refractivity contribution in [3.05, 3.63) is 123 Å². The van der Waals surface area contributed by atoms with Crippen LogP contribution in [0.5, 0.6) is 0 Å². The number of hydrogen-bond acceptors (Lipinski definition) is 14. The second kappa shape index (κ2) is 27.1. The van der Waals surface area contributed by atoms with Gasteiger partial charge >= 0.3 is 6.18 Å². The van der Waals surface area contributed by atoms with Crippen LogP contribution in [0.3, 0.4) is 0 Å². The minimum Gasteiger partial charge on any atom is -0.391 e. The number of β-amino-alcohol motifs (C(OH)–C–C–N with tert-alkyl or cyclic N) is 1. The number of nitrogens with one attached hydrogen (secondary N) is 5. The van der Waals surface area contributed by atoms with Gasteiger partial charge in [0.15, 0.2) is 0 Å². The summed E-state index contributed by atoms with van der Waals surface area (Å²) in [6, 6.07) is 14.6. The number of anilines is 2. The molecule has 0 unspecified atom stereocenters. The van der Waals surface area contributed by atoms with Crippen molar-refractivity contribution < 1.29 is 60.9 Å². The molecule has 7 rings (SSSR count). The lowest BCUT2D eigenvalue weighted by molar-refractivity contribution is -0.144. The molecule has 2 fully saturated rings. The third-order valence-corrected chi connectivity index (χ3v) is 15.2. The summed E-state index contributed by atoms with van der Waals surface area (Å²) in [5.74, 6) is -3.88. The van der Waals surface area contributed by atoms with Crippen LogP contribution in [0, 0.1) is 18.2 Å². The lowest BCUT2D eigenvalue weighted by Crippen LogP contribution is -2.58. The Morgan fingerprint density at radius 1 is 0.852 bits per heavy atom. The summed E-state index contributed by atoms with van der Waals surface area (Å²) in [5.41, 5.74) is 1.43. The molecule has 5 amide bonds. The van der Waals surface area contributed by atoms with Gasteiger partial charge in [-0.3, -0.25) is 33.7 Å². The number of pyridine rings is 1. The van der Waals surface area contributed by atoms with Gasteiger partial charge in [0.05, 0.1) is 77.7 Å². The normalized spacial score (nSPS) is 18.1. The first-order chi connectivity index (χ1) is 38.4. The van der Waals surface area contributed by atoms with Gasteiger partial charge in [-0.05, 0) is 80.3 Å². The molecule has 24 heteroatoms. The number of aliphatic hydroxyl groups is 1. The van der Waals surface area contributed by atoms with Crippen LogP contribution in [-0.4, -0.2) is 158 Å². The van der Waals surface area contributed by atoms with E-state index in [0.717, 1.165) is 27.8 Å². The number of ether oxygens (including phenoxy) is 3. The number of amides is 5. The van der Waals surface area contributed by atoms with Crippen LogP contribution in [0.25, 0.3) is 21.6 Å². The van der Waals surface area contributed by atoms with Crippen LogP contribution in [0.15, 0.2) is 83.2 Å². The number of carbonyl (C=O) groups excluding carboxylic acids is 5. The summed E-state index contributed by atoms with van der Waals surface area (Å²) >= 11 is 1.55. The first kappa shape index (κ1) is 61.5. The van der Waals surface area contributed by atoms with E-state index in [1.165, 1.54) is 23.1 Å². The third kappa shape index (κ3) is 16.1. The second-order valence-electron chi connectivity index (χ2n) is 21.2. The minimum absolute atomic E-state index is 0.0141. The Balaban J connectivity index is 0.837. The Bertz CT molecular complexity index is 3080. The van der Waals surface area contributed by atoms with Crippen molar-refractivity contribution in [1.29, 1.82) is 0 Å². The molecule has 6 N–H and O–H groups in total. The van der Waals surface area contributed by atoms with E-state index in [2.05, 4.69) is 36.1 Å². The molecular weight excluding hydrogens is 1080 g/mol. The fourth-order valence-electron chi connectivity index (χ4n) is 9.58. The molecule has 0 aliphatic carbocycles. The van der Waals surface area contributed by atoms with E-state index in [4.69, 9.17) is 14.2 Å². The summed E-state index contributed by atoms with van der Waals surface area (Å²) in [4.78, 5) is 92.1. The fraction of sp³-hybridized carbons (Fsp3) is 0.456. The smallest absolute Gasteiger partial charge is 0.391 e. The van der Waals surface area contributed by atoms with Crippen LogP contribution in [0.1, 0.15) is 78.6 Å². The van der Waals surface area contributed by atoms with Crippen LogP contribution in [-0.2, 0) is 41.3 Å². The molecule has 0 spiro atoms. The first-order valence-electron chi connectivity index (χ1n) is 26.5. The molecule has 436 valence electrons. The summed E-state index contributed by atoms with van der Waals surface area (Å²) in [6.07, 6.45) is -5.19. The van der Waals surface area contributed by atoms with Crippen LogP contribution >= 0.6 is 11.3 Å². The second-order valence-corrected chi connectivity index (χ2v) is 22.1. The number of likely N-dealkylation sites (tertiary alicyclic amines) is 1. The van der Waals surface area contributed by atoms with Crippen molar-refractivity contribution in [3.8, 4) is 21.6 Å². The average molecular weight is 1150 g/mol. The third-order valence-electron chi connectivity index (χ3n) is 14.2. The van der Waals surface area contributed by atoms with E-state index < -0.39 is 81.8 Å². The number of rotatable bonds is 22. The number of alkyl halides is 3. The van der Waals surface area contributed by atoms with Gasteiger partial charge in [-0.25, -0.2) is 9.37 Å². The van der Waals surface area contributed by atoms with Crippen molar-refractivity contribution in [2.24, 2.45) is 5.41 Å². The molecule has 2 aliphatic heterocycles. The molecule has 2 aliphatic rings. The zero-order valence-electron chi connectivity index (χ0n) is 46.2. The van der Waals surface area contributed by atoms with E-state index in [1.54, 1.807) is 49.8 Å². The first-order valence-corrected chi connectivity index (χ1v) is 27.4. The molecule has 5 aromatic rings. The van der Waals surface area contributed by atoms with Crippen LogP contribution in [0.2, 0.25) is 0 Å². The van der Waals surface area contributed by atoms with Crippen LogP contribution in [0.4, 0.5) is 28.9 Å².